The summed E-state index contributed by atoms with van der Waals surface area (Å²) >= 11 is 9.03. The number of alkyl halides is 1. The van der Waals surface area contributed by atoms with Crippen LogP contribution in [-0.2, 0) is 0 Å². The number of ether oxygens (including phenoxy) is 1. The number of hydrogen-bond acceptors (Lipinski definition) is 4. The van der Waals surface area contributed by atoms with Gasteiger partial charge in [-0.2, -0.15) is 0 Å². The molecule has 0 heterocycles. The van der Waals surface area contributed by atoms with Gasteiger partial charge in [0, 0.05) is 17.0 Å². The summed E-state index contributed by atoms with van der Waals surface area (Å²) in [5.41, 5.74) is 4.65. The molecule has 0 spiro atoms. The number of rotatable bonds is 6. The first-order chi connectivity index (χ1) is 8.97. The van der Waals surface area contributed by atoms with Gasteiger partial charge in [-0.3, -0.25) is 14.9 Å². The number of amides is 1. The predicted molar refractivity (Wildman–Crippen MR) is 75.1 cm³/mol. The van der Waals surface area contributed by atoms with Gasteiger partial charge in [-0.1, -0.05) is 39.7 Å². The first-order valence-electron chi connectivity index (χ1n) is 5.09. The van der Waals surface area contributed by atoms with Gasteiger partial charge in [-0.05, 0) is 6.07 Å². The Bertz CT molecular complexity index is 534. The Hall–Kier alpha value is -1.60. The van der Waals surface area contributed by atoms with Gasteiger partial charge in [0.1, 0.15) is 12.4 Å². The van der Waals surface area contributed by atoms with E-state index in [2.05, 4.69) is 15.9 Å². The highest BCUT2D eigenvalue weighted by molar-refractivity contribution is 9.09. The fourth-order valence-corrected chi connectivity index (χ4v) is 1.73. The molecule has 2 N–H and O–H groups in total. The summed E-state index contributed by atoms with van der Waals surface area (Å²) in [4.78, 5) is 21.2. The van der Waals surface area contributed by atoms with E-state index < -0.39 is 16.5 Å². The van der Waals surface area contributed by atoms with Crippen LogP contribution < -0.4 is 10.5 Å². The Morgan fingerprint density at radius 3 is 2.74 bits per heavy atom. The zero-order valence-corrected chi connectivity index (χ0v) is 12.0. The number of allylic oxidation sites excluding steroid dienone is 1. The summed E-state index contributed by atoms with van der Waals surface area (Å²) in [5, 5.41) is 11.3. The van der Waals surface area contributed by atoms with Gasteiger partial charge in [-0.25, -0.2) is 0 Å². The Morgan fingerprint density at radius 1 is 1.53 bits per heavy atom. The van der Waals surface area contributed by atoms with Crippen LogP contribution in [0.4, 0.5) is 5.69 Å². The average molecular weight is 350 g/mol. The van der Waals surface area contributed by atoms with E-state index in [-0.39, 0.29) is 22.9 Å². The second-order valence-corrected chi connectivity index (χ2v) is 4.39. The maximum absolute atomic E-state index is 11.1. The van der Waals surface area contributed by atoms with Gasteiger partial charge in [0.2, 0.25) is 5.91 Å². The first kappa shape index (κ1) is 15.5. The van der Waals surface area contributed by atoms with Gasteiger partial charge in [0.05, 0.1) is 4.92 Å². The van der Waals surface area contributed by atoms with Gasteiger partial charge in [-0.15, -0.1) is 0 Å². The molecule has 1 rings (SSSR count). The van der Waals surface area contributed by atoms with E-state index in [0.29, 0.717) is 5.33 Å². The first-order valence-corrected chi connectivity index (χ1v) is 6.58. The average Bonchev–Trinajstić information content (AvgIpc) is 2.35. The molecule has 19 heavy (non-hydrogen) atoms. The third-order valence-corrected chi connectivity index (χ3v) is 2.85. The topological polar surface area (TPSA) is 95.5 Å². The van der Waals surface area contributed by atoms with E-state index in [1.165, 1.54) is 6.07 Å². The second-order valence-electron chi connectivity index (χ2n) is 3.37. The minimum atomic E-state index is -0.791. The normalized spacial score (nSPS) is 10.6. The van der Waals surface area contributed by atoms with Crippen molar-refractivity contribution in [1.29, 1.82) is 0 Å². The molecule has 0 radical (unpaired) electrons. The van der Waals surface area contributed by atoms with Crippen molar-refractivity contribution in [3.63, 3.8) is 0 Å². The number of carbonyl (C=O) groups excluding carboxylic acids is 1. The van der Waals surface area contributed by atoms with Crippen LogP contribution in [0, 0.1) is 10.1 Å². The number of nitrogens with zero attached hydrogens (tertiary/aromatic N) is 1. The third kappa shape index (κ3) is 4.22. The van der Waals surface area contributed by atoms with Crippen molar-refractivity contribution in [3.05, 3.63) is 45.0 Å². The molecular weight excluding hydrogens is 339 g/mol. The maximum Gasteiger partial charge on any atom is 0.292 e. The van der Waals surface area contributed by atoms with Crippen molar-refractivity contribution < 1.29 is 14.5 Å². The van der Waals surface area contributed by atoms with Crippen LogP contribution in [0.2, 0.25) is 5.02 Å². The summed E-state index contributed by atoms with van der Waals surface area (Å²) in [6, 6.07) is 2.30. The standard InChI is InChI=1S/C11H10BrClN2O4/c12-3-1-2-4-19-9-6-7(11(14)16)5-8(10(9)13)15(17)18/h1-2,5-6H,3-4H2,(H2,14,16)/b2-1-. The molecule has 0 unspecified atom stereocenters. The van der Waals surface area contributed by atoms with Crippen molar-refractivity contribution in [2.75, 3.05) is 11.9 Å². The number of nitrogens with two attached hydrogens (primary N) is 1. The number of nitro benzene ring substituents is 1. The summed E-state index contributed by atoms with van der Waals surface area (Å²) in [7, 11) is 0. The zero-order valence-electron chi connectivity index (χ0n) is 9.64. The van der Waals surface area contributed by atoms with E-state index in [1.807, 2.05) is 0 Å². The molecule has 0 aromatic heterocycles. The lowest BCUT2D eigenvalue weighted by Gasteiger charge is -2.07. The van der Waals surface area contributed by atoms with Crippen LogP contribution in [0.25, 0.3) is 0 Å². The highest BCUT2D eigenvalue weighted by atomic mass is 79.9. The van der Waals surface area contributed by atoms with Crippen LogP contribution >= 0.6 is 27.5 Å². The van der Waals surface area contributed by atoms with Gasteiger partial charge in [0.25, 0.3) is 5.69 Å². The Morgan fingerprint density at radius 2 is 2.21 bits per heavy atom. The lowest BCUT2D eigenvalue weighted by molar-refractivity contribution is -0.384. The summed E-state index contributed by atoms with van der Waals surface area (Å²) in [6.07, 6.45) is 3.49. The summed E-state index contributed by atoms with van der Waals surface area (Å²) in [5.74, 6) is -0.746. The van der Waals surface area contributed by atoms with Crippen LogP contribution in [0.3, 0.4) is 0 Å². The molecule has 0 aliphatic carbocycles. The Labute approximate surface area is 122 Å². The molecule has 8 heteroatoms. The molecule has 1 aromatic rings. The van der Waals surface area contributed by atoms with Crippen molar-refractivity contribution in [2.24, 2.45) is 5.73 Å². The van der Waals surface area contributed by atoms with Gasteiger partial charge >= 0.3 is 0 Å². The molecule has 0 bridgehead atoms. The number of primary amides is 1. The Balaban J connectivity index is 3.11. The van der Waals surface area contributed by atoms with E-state index in [9.17, 15) is 14.9 Å². The highest BCUT2D eigenvalue weighted by Gasteiger charge is 2.20. The highest BCUT2D eigenvalue weighted by Crippen LogP contribution is 2.35. The quantitative estimate of drug-likeness (QED) is 0.369. The lowest BCUT2D eigenvalue weighted by atomic mass is 10.2. The molecule has 0 aliphatic rings. The number of carbonyl (C=O) groups is 1. The molecule has 0 saturated carbocycles. The molecule has 1 amide bonds. The molecular formula is C11H10BrClN2O4. The van der Waals surface area contributed by atoms with E-state index in [4.69, 9.17) is 22.1 Å². The van der Waals surface area contributed by atoms with Gasteiger partial charge < -0.3 is 10.5 Å². The monoisotopic (exact) mass is 348 g/mol. The van der Waals surface area contributed by atoms with Crippen LogP contribution in [-0.4, -0.2) is 22.8 Å². The SMILES string of the molecule is NC(=O)c1cc(OC/C=C\CBr)c(Cl)c([N+](=O)[O-])c1. The van der Waals surface area contributed by atoms with Crippen LogP contribution in [0.15, 0.2) is 24.3 Å². The van der Waals surface area contributed by atoms with E-state index in [1.54, 1.807) is 12.2 Å². The van der Waals surface area contributed by atoms with E-state index >= 15 is 0 Å². The number of halogens is 2. The van der Waals surface area contributed by atoms with Crippen LogP contribution in [0.5, 0.6) is 5.75 Å². The fourth-order valence-electron chi connectivity index (χ4n) is 1.23. The minimum absolute atomic E-state index is 0.0319. The minimum Gasteiger partial charge on any atom is -0.488 e. The predicted octanol–water partition coefficient (Wildman–Crippen LogP) is 2.68. The lowest BCUT2D eigenvalue weighted by Crippen LogP contribution is -2.12. The van der Waals surface area contributed by atoms with Crippen molar-refractivity contribution >= 4 is 39.1 Å². The molecule has 0 fully saturated rings. The molecule has 0 atom stereocenters. The van der Waals surface area contributed by atoms with Crippen molar-refractivity contribution in [3.8, 4) is 5.75 Å². The molecule has 102 valence electrons. The second kappa shape index (κ2) is 7.10. The third-order valence-electron chi connectivity index (χ3n) is 2.09. The Kier molecular flexibility index (Phi) is 5.78. The van der Waals surface area contributed by atoms with Crippen molar-refractivity contribution in [2.45, 2.75) is 0 Å². The zero-order chi connectivity index (χ0) is 14.4. The summed E-state index contributed by atoms with van der Waals surface area (Å²) in [6.45, 7) is 0.171. The van der Waals surface area contributed by atoms with Crippen molar-refractivity contribution in [1.82, 2.24) is 0 Å². The maximum atomic E-state index is 11.1. The molecule has 1 aromatic carbocycles. The smallest absolute Gasteiger partial charge is 0.292 e. The molecule has 0 saturated heterocycles. The fraction of sp³-hybridized carbons (Fsp3) is 0.182. The number of hydrogen-bond donors (Lipinski definition) is 1. The molecule has 0 aliphatic heterocycles. The number of benzene rings is 1. The summed E-state index contributed by atoms with van der Waals surface area (Å²) < 4.78 is 5.27. The van der Waals surface area contributed by atoms with Crippen LogP contribution in [0.1, 0.15) is 10.4 Å². The molecule has 6 nitrogen and oxygen atoms in total. The largest absolute Gasteiger partial charge is 0.488 e. The van der Waals surface area contributed by atoms with Gasteiger partial charge in [0.15, 0.2) is 5.02 Å². The number of nitro groups is 1. The van der Waals surface area contributed by atoms with E-state index in [0.717, 1.165) is 6.07 Å².